The minimum atomic E-state index is -0.262. The Labute approximate surface area is 112 Å². The Hall–Kier alpha value is -1.85. The maximum absolute atomic E-state index is 12.0. The van der Waals surface area contributed by atoms with Gasteiger partial charge in [-0.3, -0.25) is 14.3 Å². The molecule has 0 unspecified atom stereocenters. The Bertz CT molecular complexity index is 483. The average Bonchev–Trinajstić information content (AvgIpc) is 2.95. The van der Waals surface area contributed by atoms with Gasteiger partial charge in [0, 0.05) is 32.3 Å². The van der Waals surface area contributed by atoms with E-state index in [2.05, 4.69) is 10.4 Å². The fraction of sp³-hybridized carbons (Fsp3) is 0.615. The first-order chi connectivity index (χ1) is 9.01. The van der Waals surface area contributed by atoms with E-state index in [0.717, 1.165) is 12.1 Å². The summed E-state index contributed by atoms with van der Waals surface area (Å²) in [6.45, 7) is 4.42. The Kier molecular flexibility index (Phi) is 3.87. The number of rotatable bonds is 4. The van der Waals surface area contributed by atoms with Gasteiger partial charge in [-0.05, 0) is 13.3 Å². The number of hydrogen-bond acceptors (Lipinski definition) is 3. The summed E-state index contributed by atoms with van der Waals surface area (Å²) in [5, 5.41) is 6.98. The average molecular weight is 264 g/mol. The maximum atomic E-state index is 12.0. The van der Waals surface area contributed by atoms with Crippen LogP contribution in [0.3, 0.4) is 0 Å². The molecule has 0 aromatic carbocycles. The van der Waals surface area contributed by atoms with Crippen molar-refractivity contribution in [2.75, 3.05) is 11.4 Å². The Morgan fingerprint density at radius 1 is 1.63 bits per heavy atom. The molecule has 2 atom stereocenters. The van der Waals surface area contributed by atoms with Gasteiger partial charge in [-0.15, -0.1) is 0 Å². The predicted octanol–water partition coefficient (Wildman–Crippen LogP) is 0.688. The molecule has 1 saturated heterocycles. The van der Waals surface area contributed by atoms with E-state index in [0.29, 0.717) is 6.54 Å². The van der Waals surface area contributed by atoms with Gasteiger partial charge < -0.3 is 10.2 Å². The van der Waals surface area contributed by atoms with Crippen molar-refractivity contribution in [3.63, 3.8) is 0 Å². The highest BCUT2D eigenvalue weighted by Gasteiger charge is 2.35. The van der Waals surface area contributed by atoms with Crippen LogP contribution in [0.5, 0.6) is 0 Å². The highest BCUT2D eigenvalue weighted by Crippen LogP contribution is 2.24. The summed E-state index contributed by atoms with van der Waals surface area (Å²) in [5.74, 6) is -0.312. The lowest BCUT2D eigenvalue weighted by atomic mass is 10.1. The molecule has 1 aromatic heterocycles. The fourth-order valence-corrected chi connectivity index (χ4v) is 2.14. The first-order valence-electron chi connectivity index (χ1n) is 6.60. The van der Waals surface area contributed by atoms with E-state index in [9.17, 15) is 9.59 Å². The molecule has 0 radical (unpaired) electrons. The van der Waals surface area contributed by atoms with Crippen LogP contribution in [-0.2, 0) is 16.6 Å². The van der Waals surface area contributed by atoms with Crippen LogP contribution < -0.4 is 10.2 Å². The number of anilines is 1. The van der Waals surface area contributed by atoms with E-state index in [4.69, 9.17) is 0 Å². The summed E-state index contributed by atoms with van der Waals surface area (Å²) in [7, 11) is 1.80. The van der Waals surface area contributed by atoms with Crippen LogP contribution >= 0.6 is 0 Å². The largest absolute Gasteiger partial charge is 0.353 e. The smallest absolute Gasteiger partial charge is 0.227 e. The molecular formula is C13H20N4O2. The first kappa shape index (κ1) is 13.6. The molecule has 0 aliphatic carbocycles. The topological polar surface area (TPSA) is 67.2 Å². The fourth-order valence-electron chi connectivity index (χ4n) is 2.14. The Morgan fingerprint density at radius 3 is 2.95 bits per heavy atom. The number of carbonyl (C=O) groups is 2. The monoisotopic (exact) mass is 264 g/mol. The number of aromatic nitrogens is 2. The van der Waals surface area contributed by atoms with E-state index >= 15 is 0 Å². The predicted molar refractivity (Wildman–Crippen MR) is 71.6 cm³/mol. The van der Waals surface area contributed by atoms with Gasteiger partial charge in [0.15, 0.2) is 0 Å². The highest BCUT2D eigenvalue weighted by atomic mass is 16.2. The summed E-state index contributed by atoms with van der Waals surface area (Å²) in [4.78, 5) is 25.6. The van der Waals surface area contributed by atoms with Gasteiger partial charge in [-0.25, -0.2) is 0 Å². The second kappa shape index (κ2) is 5.42. The number of carbonyl (C=O) groups excluding carboxylic acids is 2. The number of nitrogens with zero attached hydrogens (tertiary/aromatic N) is 3. The second-order valence-electron chi connectivity index (χ2n) is 5.10. The van der Waals surface area contributed by atoms with Crippen LogP contribution in [-0.4, -0.2) is 34.2 Å². The standard InChI is InChI=1S/C13H20N4O2/c1-4-9(2)15-13(19)10-5-12(18)17(7-10)11-6-14-16(3)8-11/h6,8-10H,4-5,7H2,1-3H3,(H,15,19)/t9-,10-/m0/s1. The van der Waals surface area contributed by atoms with Gasteiger partial charge in [0.1, 0.15) is 0 Å². The van der Waals surface area contributed by atoms with Crippen LogP contribution in [0, 0.1) is 5.92 Å². The zero-order valence-corrected chi connectivity index (χ0v) is 11.6. The lowest BCUT2D eigenvalue weighted by molar-refractivity contribution is -0.126. The van der Waals surface area contributed by atoms with Crippen molar-refractivity contribution < 1.29 is 9.59 Å². The van der Waals surface area contributed by atoms with Gasteiger partial charge >= 0.3 is 0 Å². The molecule has 1 N–H and O–H groups in total. The van der Waals surface area contributed by atoms with Gasteiger partial charge in [-0.2, -0.15) is 5.10 Å². The molecule has 19 heavy (non-hydrogen) atoms. The quantitative estimate of drug-likeness (QED) is 0.870. The lowest BCUT2D eigenvalue weighted by Crippen LogP contribution is -2.38. The van der Waals surface area contributed by atoms with E-state index in [1.165, 1.54) is 0 Å². The number of aryl methyl sites for hydroxylation is 1. The van der Waals surface area contributed by atoms with E-state index < -0.39 is 0 Å². The van der Waals surface area contributed by atoms with Crippen molar-refractivity contribution in [1.29, 1.82) is 0 Å². The van der Waals surface area contributed by atoms with Crippen molar-refractivity contribution in [1.82, 2.24) is 15.1 Å². The summed E-state index contributed by atoms with van der Waals surface area (Å²) >= 11 is 0. The van der Waals surface area contributed by atoms with Crippen LogP contribution in [0.4, 0.5) is 5.69 Å². The lowest BCUT2D eigenvalue weighted by Gasteiger charge is -2.16. The minimum absolute atomic E-state index is 0.0164. The normalized spacial score (nSPS) is 20.7. The van der Waals surface area contributed by atoms with Crippen molar-refractivity contribution in [2.45, 2.75) is 32.7 Å². The van der Waals surface area contributed by atoms with Gasteiger partial charge in [0.25, 0.3) is 0 Å². The van der Waals surface area contributed by atoms with Gasteiger partial charge in [-0.1, -0.05) is 6.92 Å². The first-order valence-corrected chi connectivity index (χ1v) is 6.60. The molecule has 2 heterocycles. The molecule has 6 heteroatoms. The Morgan fingerprint density at radius 2 is 2.37 bits per heavy atom. The summed E-state index contributed by atoms with van der Waals surface area (Å²) < 4.78 is 1.65. The number of nitrogens with one attached hydrogen (secondary N) is 1. The molecule has 1 fully saturated rings. The van der Waals surface area contributed by atoms with Gasteiger partial charge in [0.2, 0.25) is 11.8 Å². The summed E-state index contributed by atoms with van der Waals surface area (Å²) in [6.07, 6.45) is 4.59. The molecule has 6 nitrogen and oxygen atoms in total. The van der Waals surface area contributed by atoms with E-state index in [-0.39, 0.29) is 30.2 Å². The molecule has 1 aliphatic heterocycles. The van der Waals surface area contributed by atoms with E-state index in [1.807, 2.05) is 13.8 Å². The third kappa shape index (κ3) is 2.94. The SMILES string of the molecule is CC[C@H](C)NC(=O)[C@H]1CC(=O)N(c2cnn(C)c2)C1. The van der Waals surface area contributed by atoms with Crippen LogP contribution in [0.15, 0.2) is 12.4 Å². The molecule has 1 aliphatic rings. The van der Waals surface area contributed by atoms with Crippen molar-refractivity contribution in [2.24, 2.45) is 13.0 Å². The molecule has 1 aromatic rings. The summed E-state index contributed by atoms with van der Waals surface area (Å²) in [5.41, 5.74) is 0.756. The molecule has 0 bridgehead atoms. The minimum Gasteiger partial charge on any atom is -0.353 e. The highest BCUT2D eigenvalue weighted by molar-refractivity contribution is 6.00. The molecule has 2 amide bonds. The van der Waals surface area contributed by atoms with Gasteiger partial charge in [0.05, 0.1) is 17.8 Å². The zero-order chi connectivity index (χ0) is 14.0. The molecule has 2 rings (SSSR count). The molecular weight excluding hydrogens is 244 g/mol. The third-order valence-electron chi connectivity index (χ3n) is 3.50. The van der Waals surface area contributed by atoms with Crippen LogP contribution in [0.25, 0.3) is 0 Å². The van der Waals surface area contributed by atoms with E-state index in [1.54, 1.807) is 29.0 Å². The van der Waals surface area contributed by atoms with Crippen molar-refractivity contribution in [3.05, 3.63) is 12.4 Å². The molecule has 0 spiro atoms. The van der Waals surface area contributed by atoms with Crippen LogP contribution in [0.2, 0.25) is 0 Å². The van der Waals surface area contributed by atoms with Crippen molar-refractivity contribution >= 4 is 17.5 Å². The molecule has 0 saturated carbocycles. The number of hydrogen-bond donors (Lipinski definition) is 1. The maximum Gasteiger partial charge on any atom is 0.227 e. The Balaban J connectivity index is 2.01. The third-order valence-corrected chi connectivity index (χ3v) is 3.50. The summed E-state index contributed by atoms with van der Waals surface area (Å²) in [6, 6.07) is 0.148. The van der Waals surface area contributed by atoms with Crippen molar-refractivity contribution in [3.8, 4) is 0 Å². The second-order valence-corrected chi connectivity index (χ2v) is 5.10. The zero-order valence-electron chi connectivity index (χ0n) is 11.6. The number of amides is 2. The molecule has 104 valence electrons. The van der Waals surface area contributed by atoms with Crippen LogP contribution in [0.1, 0.15) is 26.7 Å².